The molecular formula is C11H16N2O3. The van der Waals surface area contributed by atoms with E-state index in [1.54, 1.807) is 0 Å². The van der Waals surface area contributed by atoms with E-state index in [1.165, 1.54) is 0 Å². The molecule has 5 heteroatoms. The molecule has 1 aromatic heterocycles. The second-order valence-corrected chi connectivity index (χ2v) is 3.68. The predicted octanol–water partition coefficient (Wildman–Crippen LogP) is 1.03. The number of carbonyl (C=O) groups excluding carboxylic acids is 1. The zero-order chi connectivity index (χ0) is 12.0. The Labute approximate surface area is 94.1 Å². The number of rotatable bonds is 6. The Bertz CT molecular complexity index is 346. The second kappa shape index (κ2) is 5.95. The summed E-state index contributed by atoms with van der Waals surface area (Å²) in [6.07, 6.45) is 4.11. The molecule has 1 atom stereocenters. The van der Waals surface area contributed by atoms with E-state index < -0.39 is 5.97 Å². The first kappa shape index (κ1) is 12.3. The summed E-state index contributed by atoms with van der Waals surface area (Å²) in [6, 6.07) is 3.89. The topological polar surface area (TPSA) is 71.3 Å². The zero-order valence-electron chi connectivity index (χ0n) is 9.22. The fourth-order valence-electron chi connectivity index (χ4n) is 1.40. The van der Waals surface area contributed by atoms with E-state index in [2.05, 4.69) is 5.32 Å². The number of carboxylic acid groups (broad SMARTS) is 1. The molecule has 0 saturated heterocycles. The van der Waals surface area contributed by atoms with Crippen LogP contribution in [0.2, 0.25) is 0 Å². The number of carbonyl (C=O) groups is 2. The lowest BCUT2D eigenvalue weighted by Gasteiger charge is -2.13. The minimum atomic E-state index is -0.904. The first-order valence-electron chi connectivity index (χ1n) is 5.20. The van der Waals surface area contributed by atoms with Crippen LogP contribution < -0.4 is 5.32 Å². The van der Waals surface area contributed by atoms with Gasteiger partial charge in [-0.3, -0.25) is 9.59 Å². The van der Waals surface area contributed by atoms with Gasteiger partial charge >= 0.3 is 5.97 Å². The van der Waals surface area contributed by atoms with E-state index in [-0.39, 0.29) is 24.9 Å². The summed E-state index contributed by atoms with van der Waals surface area (Å²) in [6.45, 7) is 2.13. The molecule has 0 aromatic carbocycles. The summed E-state index contributed by atoms with van der Waals surface area (Å²) in [7, 11) is 0. The van der Waals surface area contributed by atoms with Crippen molar-refractivity contribution < 1.29 is 14.7 Å². The van der Waals surface area contributed by atoms with Crippen LogP contribution in [0.5, 0.6) is 0 Å². The largest absolute Gasteiger partial charge is 0.481 e. The fourth-order valence-corrected chi connectivity index (χ4v) is 1.40. The summed E-state index contributed by atoms with van der Waals surface area (Å²) >= 11 is 0. The third kappa shape index (κ3) is 4.16. The normalized spacial score (nSPS) is 12.1. The van der Waals surface area contributed by atoms with Crippen LogP contribution in [0.15, 0.2) is 24.5 Å². The second-order valence-electron chi connectivity index (χ2n) is 3.68. The van der Waals surface area contributed by atoms with Gasteiger partial charge in [0.2, 0.25) is 5.91 Å². The summed E-state index contributed by atoms with van der Waals surface area (Å²) in [5.41, 5.74) is 0. The summed E-state index contributed by atoms with van der Waals surface area (Å²) in [5.74, 6) is -1.03. The molecule has 0 aliphatic rings. The molecular weight excluding hydrogens is 208 g/mol. The van der Waals surface area contributed by atoms with Crippen molar-refractivity contribution in [2.45, 2.75) is 25.8 Å². The van der Waals surface area contributed by atoms with Crippen LogP contribution in [0, 0.1) is 0 Å². The SMILES string of the molecule is CC(CC(=O)NCCC(=O)O)n1cccc1. The first-order chi connectivity index (χ1) is 7.59. The van der Waals surface area contributed by atoms with Crippen LogP contribution in [0.25, 0.3) is 0 Å². The molecule has 1 heterocycles. The quantitative estimate of drug-likeness (QED) is 0.758. The van der Waals surface area contributed by atoms with Crippen LogP contribution in [0.1, 0.15) is 25.8 Å². The Balaban J connectivity index is 2.26. The lowest BCUT2D eigenvalue weighted by molar-refractivity contribution is -0.136. The van der Waals surface area contributed by atoms with E-state index in [4.69, 9.17) is 5.11 Å². The van der Waals surface area contributed by atoms with Gasteiger partial charge in [-0.15, -0.1) is 0 Å². The van der Waals surface area contributed by atoms with Crippen molar-refractivity contribution in [2.24, 2.45) is 0 Å². The van der Waals surface area contributed by atoms with Gasteiger partial charge in [-0.05, 0) is 19.1 Å². The van der Waals surface area contributed by atoms with Gasteiger partial charge in [0.25, 0.3) is 0 Å². The molecule has 0 aliphatic carbocycles. The highest BCUT2D eigenvalue weighted by molar-refractivity contribution is 5.77. The van der Waals surface area contributed by atoms with Gasteiger partial charge in [-0.2, -0.15) is 0 Å². The molecule has 0 spiro atoms. The van der Waals surface area contributed by atoms with Gasteiger partial charge in [0, 0.05) is 31.4 Å². The standard InChI is InChI=1S/C11H16N2O3/c1-9(13-6-2-3-7-13)8-10(14)12-5-4-11(15)16/h2-3,6-7,9H,4-5,8H2,1H3,(H,12,14)(H,15,16). The van der Waals surface area contributed by atoms with Crippen molar-refractivity contribution in [3.8, 4) is 0 Å². The highest BCUT2D eigenvalue weighted by Gasteiger charge is 2.09. The van der Waals surface area contributed by atoms with Crippen molar-refractivity contribution in [1.82, 2.24) is 9.88 Å². The number of carboxylic acids is 1. The maximum absolute atomic E-state index is 11.4. The molecule has 1 amide bonds. The Kier molecular flexibility index (Phi) is 4.57. The molecule has 0 bridgehead atoms. The van der Waals surface area contributed by atoms with Gasteiger partial charge in [0.15, 0.2) is 0 Å². The summed E-state index contributed by atoms with van der Waals surface area (Å²) < 4.78 is 1.94. The number of nitrogens with zero attached hydrogens (tertiary/aromatic N) is 1. The van der Waals surface area contributed by atoms with Gasteiger partial charge in [0.05, 0.1) is 6.42 Å². The van der Waals surface area contributed by atoms with Crippen LogP contribution in [-0.2, 0) is 9.59 Å². The lowest BCUT2D eigenvalue weighted by atomic mass is 10.2. The molecule has 0 aliphatic heterocycles. The Hall–Kier alpha value is -1.78. The number of nitrogens with one attached hydrogen (secondary N) is 1. The molecule has 88 valence electrons. The number of aromatic nitrogens is 1. The monoisotopic (exact) mass is 224 g/mol. The molecule has 5 nitrogen and oxygen atoms in total. The Morgan fingerprint density at radius 1 is 1.38 bits per heavy atom. The minimum absolute atomic E-state index is 0.0381. The van der Waals surface area contributed by atoms with E-state index >= 15 is 0 Å². The van der Waals surface area contributed by atoms with Crippen molar-refractivity contribution in [3.05, 3.63) is 24.5 Å². The van der Waals surface area contributed by atoms with E-state index in [0.717, 1.165) is 0 Å². The third-order valence-corrected chi connectivity index (χ3v) is 2.28. The van der Waals surface area contributed by atoms with Crippen LogP contribution in [0.3, 0.4) is 0 Å². The number of hydrogen-bond donors (Lipinski definition) is 2. The summed E-state index contributed by atoms with van der Waals surface area (Å²) in [4.78, 5) is 21.6. The van der Waals surface area contributed by atoms with Gasteiger partial charge < -0.3 is 15.0 Å². The van der Waals surface area contributed by atoms with Gasteiger partial charge in [0.1, 0.15) is 0 Å². The van der Waals surface area contributed by atoms with Crippen LogP contribution in [-0.4, -0.2) is 28.1 Å². The Morgan fingerprint density at radius 2 is 2.00 bits per heavy atom. The van der Waals surface area contributed by atoms with Crippen molar-refractivity contribution >= 4 is 11.9 Å². The molecule has 1 unspecified atom stereocenters. The van der Waals surface area contributed by atoms with Crippen LogP contribution >= 0.6 is 0 Å². The third-order valence-electron chi connectivity index (χ3n) is 2.28. The molecule has 0 radical (unpaired) electrons. The highest BCUT2D eigenvalue weighted by atomic mass is 16.4. The van der Waals surface area contributed by atoms with E-state index in [0.29, 0.717) is 6.42 Å². The molecule has 0 fully saturated rings. The van der Waals surface area contributed by atoms with Gasteiger partial charge in [-0.25, -0.2) is 0 Å². The minimum Gasteiger partial charge on any atom is -0.481 e. The molecule has 1 aromatic rings. The lowest BCUT2D eigenvalue weighted by Crippen LogP contribution is -2.27. The van der Waals surface area contributed by atoms with Gasteiger partial charge in [-0.1, -0.05) is 0 Å². The van der Waals surface area contributed by atoms with Crippen molar-refractivity contribution in [2.75, 3.05) is 6.54 Å². The molecule has 1 rings (SSSR count). The van der Waals surface area contributed by atoms with Crippen LogP contribution in [0.4, 0.5) is 0 Å². The fraction of sp³-hybridized carbons (Fsp3) is 0.455. The smallest absolute Gasteiger partial charge is 0.305 e. The van der Waals surface area contributed by atoms with E-state index in [9.17, 15) is 9.59 Å². The summed E-state index contributed by atoms with van der Waals surface area (Å²) in [5, 5.41) is 11.0. The molecule has 0 saturated carbocycles. The first-order valence-corrected chi connectivity index (χ1v) is 5.20. The number of amides is 1. The zero-order valence-corrected chi connectivity index (χ0v) is 9.22. The number of aliphatic carboxylic acids is 1. The maximum Gasteiger partial charge on any atom is 0.305 e. The highest BCUT2D eigenvalue weighted by Crippen LogP contribution is 2.09. The Morgan fingerprint density at radius 3 is 2.56 bits per heavy atom. The molecule has 16 heavy (non-hydrogen) atoms. The average Bonchev–Trinajstić information content (AvgIpc) is 2.69. The van der Waals surface area contributed by atoms with Crippen molar-refractivity contribution in [1.29, 1.82) is 0 Å². The molecule has 2 N–H and O–H groups in total. The number of hydrogen-bond acceptors (Lipinski definition) is 2. The predicted molar refractivity (Wildman–Crippen MR) is 59.0 cm³/mol. The van der Waals surface area contributed by atoms with E-state index in [1.807, 2.05) is 36.0 Å². The average molecular weight is 224 g/mol. The maximum atomic E-state index is 11.4. The van der Waals surface area contributed by atoms with Crippen molar-refractivity contribution in [3.63, 3.8) is 0 Å².